The van der Waals surface area contributed by atoms with E-state index in [9.17, 15) is 9.59 Å². The van der Waals surface area contributed by atoms with Crippen LogP contribution in [0, 0.1) is 11.8 Å². The molecular formula is C11H17NO4. The third-order valence-corrected chi connectivity index (χ3v) is 3.21. The minimum absolute atomic E-state index is 0.120. The van der Waals surface area contributed by atoms with Crippen molar-refractivity contribution in [3.05, 3.63) is 0 Å². The predicted octanol–water partition coefficient (Wildman–Crippen LogP) is 1.33. The minimum Gasteiger partial charge on any atom is -0.481 e. The third-order valence-electron chi connectivity index (χ3n) is 3.21. The van der Waals surface area contributed by atoms with E-state index in [1.807, 2.05) is 0 Å². The van der Waals surface area contributed by atoms with Gasteiger partial charge in [-0.05, 0) is 33.1 Å². The van der Waals surface area contributed by atoms with Crippen molar-refractivity contribution in [1.29, 1.82) is 0 Å². The number of ether oxygens (including phenoxy) is 1. The lowest BCUT2D eigenvalue weighted by molar-refractivity contribution is -0.147. The molecule has 3 aliphatic rings. The molecule has 3 rings (SSSR count). The van der Waals surface area contributed by atoms with Crippen molar-refractivity contribution in [1.82, 2.24) is 4.90 Å². The van der Waals surface area contributed by atoms with Crippen molar-refractivity contribution in [3.8, 4) is 0 Å². The summed E-state index contributed by atoms with van der Waals surface area (Å²) in [6.07, 6.45) is 0.416. The highest BCUT2D eigenvalue weighted by molar-refractivity contribution is 5.77. The molecule has 0 aromatic carbocycles. The molecule has 2 bridgehead atoms. The van der Waals surface area contributed by atoms with Crippen LogP contribution in [0.1, 0.15) is 27.2 Å². The maximum absolute atomic E-state index is 11.8. The molecule has 2 heterocycles. The van der Waals surface area contributed by atoms with E-state index in [0.29, 0.717) is 6.54 Å². The summed E-state index contributed by atoms with van der Waals surface area (Å²) in [5, 5.41) is 8.97. The highest BCUT2D eigenvalue weighted by Gasteiger charge is 2.57. The van der Waals surface area contributed by atoms with Gasteiger partial charge >= 0.3 is 12.1 Å². The van der Waals surface area contributed by atoms with E-state index in [4.69, 9.17) is 9.84 Å². The molecule has 2 aliphatic heterocycles. The van der Waals surface area contributed by atoms with Crippen LogP contribution >= 0.6 is 0 Å². The van der Waals surface area contributed by atoms with Gasteiger partial charge < -0.3 is 14.7 Å². The summed E-state index contributed by atoms with van der Waals surface area (Å²) in [6, 6.07) is -0.155. The van der Waals surface area contributed by atoms with Gasteiger partial charge in [-0.15, -0.1) is 0 Å². The van der Waals surface area contributed by atoms with Crippen LogP contribution in [-0.2, 0) is 9.53 Å². The number of rotatable bonds is 1. The number of hydrogen-bond donors (Lipinski definition) is 1. The van der Waals surface area contributed by atoms with Crippen LogP contribution in [0.4, 0.5) is 4.79 Å². The molecule has 5 heteroatoms. The molecule has 1 aliphatic carbocycles. The topological polar surface area (TPSA) is 66.8 Å². The molecule has 1 saturated carbocycles. The SMILES string of the molecule is CC(C)(C)OC(=O)N1C[C@H]2C[C@@H]1[C@@H]2C(=O)O. The Kier molecular flexibility index (Phi) is 2.36. The molecule has 3 fully saturated rings. The number of fused-ring (bicyclic) bond motifs is 1. The Labute approximate surface area is 94.4 Å². The van der Waals surface area contributed by atoms with E-state index in [0.717, 1.165) is 6.42 Å². The largest absolute Gasteiger partial charge is 0.481 e. The first-order valence-electron chi connectivity index (χ1n) is 5.52. The molecule has 0 radical (unpaired) electrons. The zero-order chi connectivity index (χ0) is 12.1. The molecule has 0 unspecified atom stereocenters. The lowest BCUT2D eigenvalue weighted by Crippen LogP contribution is -2.46. The summed E-state index contributed by atoms with van der Waals surface area (Å²) in [7, 11) is 0. The van der Waals surface area contributed by atoms with Gasteiger partial charge in [-0.25, -0.2) is 4.79 Å². The van der Waals surface area contributed by atoms with Crippen LogP contribution in [-0.4, -0.2) is 40.3 Å². The predicted molar refractivity (Wildman–Crippen MR) is 56.0 cm³/mol. The second-order valence-corrected chi connectivity index (χ2v) is 5.56. The highest BCUT2D eigenvalue weighted by Crippen LogP contribution is 2.46. The van der Waals surface area contributed by atoms with Gasteiger partial charge in [0.1, 0.15) is 5.60 Å². The van der Waals surface area contributed by atoms with Gasteiger partial charge in [-0.2, -0.15) is 0 Å². The lowest BCUT2D eigenvalue weighted by Gasteiger charge is -2.33. The van der Waals surface area contributed by atoms with Crippen molar-refractivity contribution >= 4 is 12.1 Å². The van der Waals surface area contributed by atoms with Crippen LogP contribution in [0.3, 0.4) is 0 Å². The van der Waals surface area contributed by atoms with Crippen molar-refractivity contribution < 1.29 is 19.4 Å². The van der Waals surface area contributed by atoms with Gasteiger partial charge in [-0.3, -0.25) is 4.79 Å². The molecule has 0 aromatic rings. The Hall–Kier alpha value is -1.26. The van der Waals surface area contributed by atoms with Crippen molar-refractivity contribution in [3.63, 3.8) is 0 Å². The normalized spacial score (nSPS) is 32.2. The summed E-state index contributed by atoms with van der Waals surface area (Å²) in [5.74, 6) is -1.06. The van der Waals surface area contributed by atoms with E-state index in [1.165, 1.54) is 0 Å². The number of nitrogens with zero attached hydrogens (tertiary/aromatic N) is 1. The first-order chi connectivity index (χ1) is 7.29. The summed E-state index contributed by atoms with van der Waals surface area (Å²) < 4.78 is 5.24. The summed E-state index contributed by atoms with van der Waals surface area (Å²) in [5.41, 5.74) is -0.525. The fourth-order valence-electron chi connectivity index (χ4n) is 2.52. The molecular weight excluding hydrogens is 210 g/mol. The highest BCUT2D eigenvalue weighted by atomic mass is 16.6. The first-order valence-corrected chi connectivity index (χ1v) is 5.52. The molecule has 0 aromatic heterocycles. The van der Waals surface area contributed by atoms with Gasteiger partial charge in [0.05, 0.1) is 5.92 Å². The first kappa shape index (κ1) is 11.2. The number of amides is 1. The number of hydrogen-bond acceptors (Lipinski definition) is 3. The Bertz CT molecular complexity index is 333. The summed E-state index contributed by atoms with van der Waals surface area (Å²) >= 11 is 0. The van der Waals surface area contributed by atoms with E-state index >= 15 is 0 Å². The molecule has 1 amide bonds. The van der Waals surface area contributed by atoms with Gasteiger partial charge in [-0.1, -0.05) is 0 Å². The zero-order valence-electron chi connectivity index (χ0n) is 9.77. The molecule has 16 heavy (non-hydrogen) atoms. The van der Waals surface area contributed by atoms with Crippen LogP contribution in [0.15, 0.2) is 0 Å². The number of carbonyl (C=O) groups is 2. The molecule has 0 spiro atoms. The van der Waals surface area contributed by atoms with Crippen molar-refractivity contribution in [2.24, 2.45) is 11.8 Å². The average molecular weight is 227 g/mol. The van der Waals surface area contributed by atoms with E-state index in [-0.39, 0.29) is 24.0 Å². The molecule has 3 atom stereocenters. The number of carboxylic acids is 1. The third kappa shape index (κ3) is 1.74. The number of carboxylic acid groups (broad SMARTS) is 1. The smallest absolute Gasteiger partial charge is 0.410 e. The zero-order valence-corrected chi connectivity index (χ0v) is 9.77. The van der Waals surface area contributed by atoms with Gasteiger partial charge in [0.15, 0.2) is 0 Å². The van der Waals surface area contributed by atoms with Gasteiger partial charge in [0.2, 0.25) is 0 Å². The van der Waals surface area contributed by atoms with Crippen LogP contribution in [0.2, 0.25) is 0 Å². The second kappa shape index (κ2) is 3.37. The average Bonchev–Trinajstić information content (AvgIpc) is 2.53. The fourth-order valence-corrected chi connectivity index (χ4v) is 2.52. The maximum atomic E-state index is 11.8. The lowest BCUT2D eigenvalue weighted by atomic mass is 9.74. The fraction of sp³-hybridized carbons (Fsp3) is 0.818. The van der Waals surface area contributed by atoms with Crippen LogP contribution < -0.4 is 0 Å². The van der Waals surface area contributed by atoms with Crippen molar-refractivity contribution in [2.75, 3.05) is 6.54 Å². The minimum atomic E-state index is -0.799. The summed E-state index contributed by atoms with van der Waals surface area (Å²) in [4.78, 5) is 24.3. The second-order valence-electron chi connectivity index (χ2n) is 5.56. The van der Waals surface area contributed by atoms with E-state index in [1.54, 1.807) is 25.7 Å². The Balaban J connectivity index is 1.99. The molecule has 90 valence electrons. The Morgan fingerprint density at radius 2 is 2.00 bits per heavy atom. The van der Waals surface area contributed by atoms with Crippen LogP contribution in [0.25, 0.3) is 0 Å². The van der Waals surface area contributed by atoms with Crippen molar-refractivity contribution in [2.45, 2.75) is 38.8 Å². The van der Waals surface area contributed by atoms with Gasteiger partial charge in [0, 0.05) is 12.6 Å². The molecule has 2 saturated heterocycles. The number of aliphatic carboxylic acids is 1. The Morgan fingerprint density at radius 3 is 2.44 bits per heavy atom. The van der Waals surface area contributed by atoms with Crippen LogP contribution in [0.5, 0.6) is 0 Å². The van der Waals surface area contributed by atoms with E-state index in [2.05, 4.69) is 0 Å². The Morgan fingerprint density at radius 1 is 1.38 bits per heavy atom. The quantitative estimate of drug-likeness (QED) is 0.733. The number of carbonyl (C=O) groups excluding carboxylic acids is 1. The standard InChI is InChI=1S/C11H17NO4/c1-11(2,3)16-10(15)12-5-6-4-7(12)8(6)9(13)14/h6-8H,4-5H2,1-3H3,(H,13,14)/t6-,7-,8-/m1/s1. The summed E-state index contributed by atoms with van der Waals surface area (Å²) in [6.45, 7) is 5.94. The molecule has 5 nitrogen and oxygen atoms in total. The van der Waals surface area contributed by atoms with Gasteiger partial charge in [0.25, 0.3) is 0 Å². The van der Waals surface area contributed by atoms with E-state index < -0.39 is 11.6 Å². The monoisotopic (exact) mass is 227 g/mol. The maximum Gasteiger partial charge on any atom is 0.410 e. The molecule has 1 N–H and O–H groups in total.